The van der Waals surface area contributed by atoms with Crippen LogP contribution >= 0.6 is 0 Å². The number of ether oxygens (including phenoxy) is 4. The summed E-state index contributed by atoms with van der Waals surface area (Å²) in [5.74, 6) is 1.88. The van der Waals surface area contributed by atoms with E-state index in [2.05, 4.69) is 86.6 Å². The third kappa shape index (κ3) is 6.86. The molecular formula is C34H38O4. The number of rotatable bonds is 13. The Bertz CT molecular complexity index is 1280. The highest BCUT2D eigenvalue weighted by atomic mass is 16.6. The first kappa shape index (κ1) is 25.2. The molecule has 4 heteroatoms. The number of hydrogen-bond acceptors (Lipinski definition) is 4. The van der Waals surface area contributed by atoms with E-state index in [4.69, 9.17) is 18.9 Å². The molecule has 0 N–H and O–H groups in total. The molecule has 2 heterocycles. The maximum absolute atomic E-state index is 6.10. The number of fused-ring (bicyclic) bond motifs is 2. The predicted molar refractivity (Wildman–Crippen MR) is 153 cm³/mol. The van der Waals surface area contributed by atoms with Crippen molar-refractivity contribution >= 4 is 21.5 Å². The monoisotopic (exact) mass is 510 g/mol. The lowest BCUT2D eigenvalue weighted by atomic mass is 9.99. The van der Waals surface area contributed by atoms with Gasteiger partial charge in [-0.2, -0.15) is 0 Å². The number of benzene rings is 4. The molecular weight excluding hydrogens is 472 g/mol. The Labute approximate surface area is 225 Å². The van der Waals surface area contributed by atoms with Crippen LogP contribution in [0, 0.1) is 0 Å². The molecule has 0 spiro atoms. The van der Waals surface area contributed by atoms with Crippen LogP contribution in [-0.4, -0.2) is 37.6 Å². The molecule has 0 aliphatic carbocycles. The number of aryl methyl sites for hydroxylation is 2. The first-order valence-electron chi connectivity index (χ1n) is 14.2. The van der Waals surface area contributed by atoms with Crippen molar-refractivity contribution in [3.63, 3.8) is 0 Å². The molecule has 2 fully saturated rings. The van der Waals surface area contributed by atoms with E-state index < -0.39 is 0 Å². The maximum Gasteiger partial charge on any atom is 0.120 e. The molecule has 2 saturated heterocycles. The molecule has 4 nitrogen and oxygen atoms in total. The van der Waals surface area contributed by atoms with E-state index in [1.54, 1.807) is 0 Å². The smallest absolute Gasteiger partial charge is 0.120 e. The molecule has 0 amide bonds. The molecule has 2 aliphatic heterocycles. The van der Waals surface area contributed by atoms with Crippen molar-refractivity contribution in [2.24, 2.45) is 0 Å². The summed E-state index contributed by atoms with van der Waals surface area (Å²) in [5.41, 5.74) is 2.80. The van der Waals surface area contributed by atoms with Crippen molar-refractivity contribution in [2.75, 3.05) is 13.2 Å². The van der Waals surface area contributed by atoms with E-state index in [-0.39, 0.29) is 12.2 Å². The van der Waals surface area contributed by atoms with Gasteiger partial charge in [0, 0.05) is 12.8 Å². The Kier molecular flexibility index (Phi) is 7.53. The van der Waals surface area contributed by atoms with Crippen molar-refractivity contribution in [3.8, 4) is 11.5 Å². The summed E-state index contributed by atoms with van der Waals surface area (Å²) in [7, 11) is 0. The zero-order chi connectivity index (χ0) is 25.9. The van der Waals surface area contributed by atoms with E-state index in [0.717, 1.165) is 50.4 Å². The van der Waals surface area contributed by atoms with Crippen molar-refractivity contribution in [3.05, 3.63) is 83.9 Å². The van der Waals surface area contributed by atoms with Gasteiger partial charge in [0.15, 0.2) is 0 Å². The second-order valence-electron chi connectivity index (χ2n) is 11.1. The summed E-state index contributed by atoms with van der Waals surface area (Å²) >= 11 is 0. The lowest BCUT2D eigenvalue weighted by molar-refractivity contribution is 0.194. The molecule has 2 aliphatic rings. The summed E-state index contributed by atoms with van der Waals surface area (Å²) in [5, 5.41) is 5.02. The zero-order valence-corrected chi connectivity index (χ0v) is 22.5. The second-order valence-corrected chi connectivity index (χ2v) is 11.1. The molecule has 4 aromatic carbocycles. The quantitative estimate of drug-likeness (QED) is 0.137. The van der Waals surface area contributed by atoms with Gasteiger partial charge in [-0.15, -0.1) is 0 Å². The van der Waals surface area contributed by atoms with Crippen LogP contribution in [0.2, 0.25) is 0 Å². The van der Waals surface area contributed by atoms with Gasteiger partial charge in [0.1, 0.15) is 11.5 Å². The van der Waals surface area contributed by atoms with Crippen LogP contribution in [0.4, 0.5) is 0 Å². The standard InChI is InChI=1S/C34H38O4/c1-23(15-33-21-35-33)37-31-13-11-27-17-25(7-9-29(27)19-31)5-3-4-6-26-8-10-30-20-32(14-12-28(30)18-26)38-24(2)16-34-22-36-34/h7-14,17-20,23-24,33-34H,3-6,15-16,21-22H2,1-2H3. The highest BCUT2D eigenvalue weighted by Crippen LogP contribution is 2.27. The van der Waals surface area contributed by atoms with E-state index in [0.29, 0.717) is 12.2 Å². The van der Waals surface area contributed by atoms with Crippen LogP contribution < -0.4 is 9.47 Å². The van der Waals surface area contributed by atoms with Gasteiger partial charge in [-0.3, -0.25) is 0 Å². The highest BCUT2D eigenvalue weighted by Gasteiger charge is 2.26. The molecule has 0 saturated carbocycles. The van der Waals surface area contributed by atoms with Crippen molar-refractivity contribution in [1.29, 1.82) is 0 Å². The minimum absolute atomic E-state index is 0.176. The summed E-state index contributed by atoms with van der Waals surface area (Å²) in [6.45, 7) is 5.99. The fourth-order valence-electron chi connectivity index (χ4n) is 5.37. The number of unbranched alkanes of at least 4 members (excludes halogenated alkanes) is 1. The average Bonchev–Trinajstić information content (AvgIpc) is 3.84. The van der Waals surface area contributed by atoms with Gasteiger partial charge < -0.3 is 18.9 Å². The van der Waals surface area contributed by atoms with Crippen LogP contribution in [-0.2, 0) is 22.3 Å². The lowest BCUT2D eigenvalue weighted by Gasteiger charge is -2.14. The minimum atomic E-state index is 0.176. The third-order valence-corrected chi connectivity index (χ3v) is 7.60. The highest BCUT2D eigenvalue weighted by molar-refractivity contribution is 5.85. The largest absolute Gasteiger partial charge is 0.491 e. The van der Waals surface area contributed by atoms with Crippen molar-refractivity contribution in [2.45, 2.75) is 76.8 Å². The van der Waals surface area contributed by atoms with Gasteiger partial charge in [-0.05, 0) is 96.5 Å². The van der Waals surface area contributed by atoms with E-state index in [9.17, 15) is 0 Å². The molecule has 0 bridgehead atoms. The van der Waals surface area contributed by atoms with E-state index >= 15 is 0 Å². The van der Waals surface area contributed by atoms with Gasteiger partial charge in [0.2, 0.25) is 0 Å². The summed E-state index contributed by atoms with van der Waals surface area (Å²) in [4.78, 5) is 0. The fourth-order valence-corrected chi connectivity index (χ4v) is 5.37. The van der Waals surface area contributed by atoms with Gasteiger partial charge >= 0.3 is 0 Å². The molecule has 4 atom stereocenters. The second kappa shape index (κ2) is 11.3. The molecule has 6 rings (SSSR count). The van der Waals surface area contributed by atoms with Crippen LogP contribution in [0.3, 0.4) is 0 Å². The van der Waals surface area contributed by atoms with E-state index in [1.807, 2.05) is 0 Å². The van der Waals surface area contributed by atoms with Gasteiger partial charge in [-0.25, -0.2) is 0 Å². The predicted octanol–water partition coefficient (Wildman–Crippen LogP) is 7.67. The average molecular weight is 511 g/mol. The van der Waals surface area contributed by atoms with Crippen molar-refractivity contribution in [1.82, 2.24) is 0 Å². The van der Waals surface area contributed by atoms with E-state index in [1.165, 1.54) is 45.5 Å². The van der Waals surface area contributed by atoms with Crippen LogP contribution in [0.5, 0.6) is 11.5 Å². The summed E-state index contributed by atoms with van der Waals surface area (Å²) < 4.78 is 22.8. The van der Waals surface area contributed by atoms with Crippen LogP contribution in [0.25, 0.3) is 21.5 Å². The third-order valence-electron chi connectivity index (χ3n) is 7.60. The topological polar surface area (TPSA) is 43.5 Å². The SMILES string of the molecule is CC(CC1CO1)Oc1ccc2cc(CCCCc3ccc4cc(OC(C)CC5CO5)ccc4c3)ccc2c1. The van der Waals surface area contributed by atoms with Gasteiger partial charge in [-0.1, -0.05) is 48.5 Å². The van der Waals surface area contributed by atoms with Crippen LogP contribution in [0.15, 0.2) is 72.8 Å². The molecule has 0 radical (unpaired) electrons. The number of hydrogen-bond donors (Lipinski definition) is 0. The Morgan fingerprint density at radius 2 is 1.00 bits per heavy atom. The van der Waals surface area contributed by atoms with Crippen LogP contribution in [0.1, 0.15) is 50.7 Å². The van der Waals surface area contributed by atoms with Crippen molar-refractivity contribution < 1.29 is 18.9 Å². The molecule has 0 aromatic heterocycles. The minimum Gasteiger partial charge on any atom is -0.491 e. The normalized spacial score (nSPS) is 19.8. The molecule has 38 heavy (non-hydrogen) atoms. The Morgan fingerprint density at radius 3 is 1.42 bits per heavy atom. The van der Waals surface area contributed by atoms with Gasteiger partial charge in [0.05, 0.1) is 37.6 Å². The molecule has 4 aromatic rings. The fraction of sp³-hybridized carbons (Fsp3) is 0.412. The Balaban J connectivity index is 0.985. The Hall–Kier alpha value is -3.08. The summed E-state index contributed by atoms with van der Waals surface area (Å²) in [6, 6.07) is 26.5. The summed E-state index contributed by atoms with van der Waals surface area (Å²) in [6.07, 6.45) is 7.62. The maximum atomic E-state index is 6.10. The lowest BCUT2D eigenvalue weighted by Crippen LogP contribution is -2.14. The number of epoxide rings is 2. The molecule has 198 valence electrons. The first-order valence-corrected chi connectivity index (χ1v) is 14.2. The first-order chi connectivity index (χ1) is 18.6. The molecule has 4 unspecified atom stereocenters. The Morgan fingerprint density at radius 1 is 0.605 bits per heavy atom. The van der Waals surface area contributed by atoms with Gasteiger partial charge in [0.25, 0.3) is 0 Å². The zero-order valence-electron chi connectivity index (χ0n) is 22.5.